The summed E-state index contributed by atoms with van der Waals surface area (Å²) in [5.74, 6) is -1.94. The fourth-order valence-electron chi connectivity index (χ4n) is 2.37. The maximum Gasteiger partial charge on any atom is 0.328 e. The molecule has 1 fully saturated rings. The van der Waals surface area contributed by atoms with Crippen LogP contribution in [0.25, 0.3) is 0 Å². The number of hydrogen-bond acceptors (Lipinski definition) is 3. The molecule has 0 aliphatic heterocycles. The molecular formula is C14H24FN3O4. The lowest BCUT2D eigenvalue weighted by atomic mass is 9.96. The van der Waals surface area contributed by atoms with Crippen molar-refractivity contribution in [3.05, 3.63) is 0 Å². The van der Waals surface area contributed by atoms with Gasteiger partial charge in [-0.25, -0.2) is 14.0 Å². The van der Waals surface area contributed by atoms with Gasteiger partial charge in [0.1, 0.15) is 6.67 Å². The van der Waals surface area contributed by atoms with E-state index in [1.165, 1.54) is 6.42 Å². The number of carbonyl (C=O) groups excluding carboxylic acids is 2. The van der Waals surface area contributed by atoms with Gasteiger partial charge >= 0.3 is 12.0 Å². The van der Waals surface area contributed by atoms with Gasteiger partial charge < -0.3 is 21.1 Å². The van der Waals surface area contributed by atoms with Crippen LogP contribution in [0.4, 0.5) is 9.18 Å². The molecule has 1 atom stereocenters. The number of rotatable bonds is 8. The summed E-state index contributed by atoms with van der Waals surface area (Å²) in [5.41, 5.74) is 0. The molecule has 0 aromatic carbocycles. The van der Waals surface area contributed by atoms with Crippen LogP contribution in [-0.2, 0) is 9.59 Å². The van der Waals surface area contributed by atoms with E-state index in [-0.39, 0.29) is 18.5 Å². The highest BCUT2D eigenvalue weighted by atomic mass is 19.1. The molecule has 3 amide bonds. The second-order valence-electron chi connectivity index (χ2n) is 5.45. The summed E-state index contributed by atoms with van der Waals surface area (Å²) in [7, 11) is 0. The maximum absolute atomic E-state index is 12.3. The molecule has 8 heteroatoms. The zero-order chi connectivity index (χ0) is 16.4. The standard InChI is InChI=1S/C14H24FN3O4/c15-9-11(13(20)21)18-12(19)7-4-8-16-14(22)17-10-5-2-1-3-6-10/h10-11H,1-9H2,(H,18,19)(H,20,21)(H2,16,17,22). The third-order valence-corrected chi connectivity index (χ3v) is 3.59. The van der Waals surface area contributed by atoms with Crippen molar-refractivity contribution in [3.63, 3.8) is 0 Å². The maximum atomic E-state index is 12.3. The van der Waals surface area contributed by atoms with E-state index < -0.39 is 24.6 Å². The molecule has 4 N–H and O–H groups in total. The second kappa shape index (κ2) is 9.97. The first-order chi connectivity index (χ1) is 10.5. The van der Waals surface area contributed by atoms with E-state index in [1.54, 1.807) is 0 Å². The largest absolute Gasteiger partial charge is 0.480 e. The van der Waals surface area contributed by atoms with Crippen molar-refractivity contribution in [2.24, 2.45) is 0 Å². The number of halogens is 1. The topological polar surface area (TPSA) is 108 Å². The van der Waals surface area contributed by atoms with Gasteiger partial charge in [-0.15, -0.1) is 0 Å². The number of nitrogens with one attached hydrogen (secondary N) is 3. The number of alkyl halides is 1. The molecule has 0 aromatic rings. The number of hydrogen-bond donors (Lipinski definition) is 4. The summed E-state index contributed by atoms with van der Waals surface area (Å²) in [6.07, 6.45) is 5.86. The zero-order valence-corrected chi connectivity index (χ0v) is 12.6. The molecule has 0 saturated heterocycles. The molecule has 126 valence electrons. The Kier molecular flexibility index (Phi) is 8.24. The van der Waals surface area contributed by atoms with Crippen LogP contribution in [0.3, 0.4) is 0 Å². The molecule has 1 saturated carbocycles. The van der Waals surface area contributed by atoms with Crippen molar-refractivity contribution in [3.8, 4) is 0 Å². The van der Waals surface area contributed by atoms with Crippen LogP contribution in [-0.4, -0.2) is 48.3 Å². The van der Waals surface area contributed by atoms with E-state index in [9.17, 15) is 18.8 Å². The number of carboxylic acids is 1. The van der Waals surface area contributed by atoms with Gasteiger partial charge in [-0.3, -0.25) is 4.79 Å². The lowest BCUT2D eigenvalue weighted by molar-refractivity contribution is -0.142. The van der Waals surface area contributed by atoms with Crippen LogP contribution in [0.15, 0.2) is 0 Å². The Morgan fingerprint density at radius 3 is 2.45 bits per heavy atom. The van der Waals surface area contributed by atoms with Gasteiger partial charge in [-0.2, -0.15) is 0 Å². The molecule has 1 aliphatic carbocycles. The molecule has 0 spiro atoms. The third kappa shape index (κ3) is 7.24. The quantitative estimate of drug-likeness (QED) is 0.500. The number of amides is 3. The highest BCUT2D eigenvalue weighted by Gasteiger charge is 2.19. The normalized spacial score (nSPS) is 16.6. The molecule has 22 heavy (non-hydrogen) atoms. The van der Waals surface area contributed by atoms with Gasteiger partial charge in [0.05, 0.1) is 0 Å². The van der Waals surface area contributed by atoms with Gasteiger partial charge in [0.25, 0.3) is 0 Å². The van der Waals surface area contributed by atoms with Crippen LogP contribution < -0.4 is 16.0 Å². The minimum atomic E-state index is -1.50. The Morgan fingerprint density at radius 1 is 1.18 bits per heavy atom. The predicted molar refractivity (Wildman–Crippen MR) is 78.2 cm³/mol. The van der Waals surface area contributed by atoms with Crippen LogP contribution in [0, 0.1) is 0 Å². The number of carboxylic acid groups (broad SMARTS) is 1. The van der Waals surface area contributed by atoms with E-state index in [1.807, 2.05) is 0 Å². The van der Waals surface area contributed by atoms with E-state index in [0.29, 0.717) is 13.0 Å². The summed E-state index contributed by atoms with van der Waals surface area (Å²) in [5, 5.41) is 16.2. The molecule has 0 heterocycles. The molecular weight excluding hydrogens is 293 g/mol. The van der Waals surface area contributed by atoms with Crippen molar-refractivity contribution in [2.75, 3.05) is 13.2 Å². The smallest absolute Gasteiger partial charge is 0.328 e. The molecule has 0 aromatic heterocycles. The van der Waals surface area contributed by atoms with Crippen molar-refractivity contribution in [1.82, 2.24) is 16.0 Å². The van der Waals surface area contributed by atoms with Crippen molar-refractivity contribution < 1.29 is 23.9 Å². The van der Waals surface area contributed by atoms with Crippen LogP contribution in [0.5, 0.6) is 0 Å². The average Bonchev–Trinajstić information content (AvgIpc) is 2.50. The number of carbonyl (C=O) groups is 3. The summed E-state index contributed by atoms with van der Waals surface area (Å²) in [6, 6.07) is -1.53. The lowest BCUT2D eigenvalue weighted by Crippen LogP contribution is -2.44. The van der Waals surface area contributed by atoms with E-state index in [0.717, 1.165) is 25.7 Å². The molecule has 1 aliphatic rings. The zero-order valence-electron chi connectivity index (χ0n) is 12.6. The Balaban J connectivity index is 2.09. The Labute approximate surface area is 129 Å². The van der Waals surface area contributed by atoms with E-state index in [4.69, 9.17) is 5.11 Å². The van der Waals surface area contributed by atoms with Gasteiger partial charge in [-0.1, -0.05) is 19.3 Å². The number of aliphatic carboxylic acids is 1. The highest BCUT2D eigenvalue weighted by molar-refractivity contribution is 5.83. The van der Waals surface area contributed by atoms with Crippen LogP contribution in [0.1, 0.15) is 44.9 Å². The van der Waals surface area contributed by atoms with Gasteiger partial charge in [0.2, 0.25) is 5.91 Å². The average molecular weight is 317 g/mol. The minimum Gasteiger partial charge on any atom is -0.480 e. The first-order valence-electron chi connectivity index (χ1n) is 7.65. The molecule has 1 rings (SSSR count). The monoisotopic (exact) mass is 317 g/mol. The summed E-state index contributed by atoms with van der Waals surface area (Å²) < 4.78 is 12.3. The summed E-state index contributed by atoms with van der Waals surface area (Å²) in [4.78, 5) is 33.6. The highest BCUT2D eigenvalue weighted by Crippen LogP contribution is 2.17. The summed E-state index contributed by atoms with van der Waals surface area (Å²) >= 11 is 0. The van der Waals surface area contributed by atoms with Crippen molar-refractivity contribution in [2.45, 2.75) is 57.0 Å². The summed E-state index contributed by atoms with van der Waals surface area (Å²) in [6.45, 7) is -0.845. The number of urea groups is 1. The second-order valence-corrected chi connectivity index (χ2v) is 5.45. The molecule has 7 nitrogen and oxygen atoms in total. The SMILES string of the molecule is O=C(CCCNC(=O)NC1CCCCC1)NC(CF)C(=O)O. The van der Waals surface area contributed by atoms with Crippen LogP contribution in [0.2, 0.25) is 0 Å². The van der Waals surface area contributed by atoms with Gasteiger partial charge in [-0.05, 0) is 19.3 Å². The lowest BCUT2D eigenvalue weighted by Gasteiger charge is -2.22. The molecule has 0 radical (unpaired) electrons. The fraction of sp³-hybridized carbons (Fsp3) is 0.786. The molecule has 1 unspecified atom stereocenters. The molecule has 0 bridgehead atoms. The van der Waals surface area contributed by atoms with E-state index in [2.05, 4.69) is 16.0 Å². The first kappa shape index (κ1) is 18.2. The third-order valence-electron chi connectivity index (χ3n) is 3.59. The van der Waals surface area contributed by atoms with Crippen molar-refractivity contribution >= 4 is 17.9 Å². The van der Waals surface area contributed by atoms with Crippen LogP contribution >= 0.6 is 0 Å². The van der Waals surface area contributed by atoms with Gasteiger partial charge in [0.15, 0.2) is 6.04 Å². The Morgan fingerprint density at radius 2 is 1.86 bits per heavy atom. The predicted octanol–water partition coefficient (Wildman–Crippen LogP) is 0.937. The van der Waals surface area contributed by atoms with Gasteiger partial charge in [0, 0.05) is 19.0 Å². The Hall–Kier alpha value is -1.86. The first-order valence-corrected chi connectivity index (χ1v) is 7.65. The Bertz CT molecular complexity index is 386. The van der Waals surface area contributed by atoms with Crippen molar-refractivity contribution in [1.29, 1.82) is 0 Å². The van der Waals surface area contributed by atoms with E-state index >= 15 is 0 Å². The minimum absolute atomic E-state index is 0.0352. The fourth-order valence-corrected chi connectivity index (χ4v) is 2.37.